The molecule has 0 aromatic heterocycles. The summed E-state index contributed by atoms with van der Waals surface area (Å²) < 4.78 is 39.2. The zero-order valence-corrected chi connectivity index (χ0v) is 16.6. The molecule has 0 amide bonds. The van der Waals surface area contributed by atoms with Crippen LogP contribution in [0.1, 0.15) is 49.9 Å². The van der Waals surface area contributed by atoms with E-state index in [1.807, 2.05) is 27.7 Å². The van der Waals surface area contributed by atoms with E-state index in [1.165, 1.54) is 7.11 Å². The molecule has 0 unspecified atom stereocenters. The molecule has 2 atom stereocenters. The molecule has 0 radical (unpaired) electrons. The molecule has 0 aliphatic heterocycles. The number of methoxy groups -OCH3 is 1. The van der Waals surface area contributed by atoms with Crippen LogP contribution < -0.4 is 0 Å². The number of esters is 1. The fourth-order valence-corrected chi connectivity index (χ4v) is 3.61. The van der Waals surface area contributed by atoms with Gasteiger partial charge in [-0.2, -0.15) is 0 Å². The molecule has 1 fully saturated rings. The highest BCUT2D eigenvalue weighted by Crippen LogP contribution is 2.59. The number of benzene rings is 1. The van der Waals surface area contributed by atoms with E-state index in [1.54, 1.807) is 13.8 Å². The standard InChI is InChI=1S/C21H28F2O3/c1-11(2)8-16-17(21(16,5)6)20(24)26-10-14-12(3)18(22)15(9-25-7)19(23)13(14)4/h8,16-17H,9-10H2,1-7H3/t16-,17+/m1/s1. The summed E-state index contributed by atoms with van der Waals surface area (Å²) in [5.74, 6) is -1.69. The molecule has 1 aromatic carbocycles. The first kappa shape index (κ1) is 20.6. The molecule has 144 valence electrons. The van der Waals surface area contributed by atoms with Gasteiger partial charge in [-0.25, -0.2) is 8.78 Å². The van der Waals surface area contributed by atoms with Gasteiger partial charge in [-0.3, -0.25) is 4.79 Å². The Morgan fingerprint density at radius 1 is 1.08 bits per heavy atom. The molecule has 5 heteroatoms. The lowest BCUT2D eigenvalue weighted by molar-refractivity contribution is -0.147. The number of rotatable bonds is 6. The van der Waals surface area contributed by atoms with Crippen molar-refractivity contribution in [1.82, 2.24) is 0 Å². The van der Waals surface area contributed by atoms with Crippen LogP contribution in [-0.2, 0) is 27.5 Å². The molecule has 0 N–H and O–H groups in total. The number of carbonyl (C=O) groups is 1. The average molecular weight is 366 g/mol. The Kier molecular flexibility index (Phi) is 5.91. The second-order valence-corrected chi connectivity index (χ2v) is 7.94. The smallest absolute Gasteiger partial charge is 0.310 e. The molecule has 0 saturated heterocycles. The molecule has 0 bridgehead atoms. The van der Waals surface area contributed by atoms with Crippen molar-refractivity contribution in [3.8, 4) is 0 Å². The SMILES string of the molecule is COCc1c(F)c(C)c(COC(=O)[C@@H]2[C@@H](C=C(C)C)C2(C)C)c(C)c1F. The van der Waals surface area contributed by atoms with Gasteiger partial charge >= 0.3 is 5.97 Å². The molecule has 1 aliphatic rings. The van der Waals surface area contributed by atoms with Crippen LogP contribution in [0, 0.1) is 42.7 Å². The van der Waals surface area contributed by atoms with E-state index in [2.05, 4.69) is 6.08 Å². The zero-order chi connectivity index (χ0) is 19.8. The largest absolute Gasteiger partial charge is 0.461 e. The minimum absolute atomic E-state index is 0.0930. The van der Waals surface area contributed by atoms with Gasteiger partial charge in [0.15, 0.2) is 0 Å². The van der Waals surface area contributed by atoms with Crippen molar-refractivity contribution in [2.24, 2.45) is 17.3 Å². The van der Waals surface area contributed by atoms with E-state index in [9.17, 15) is 13.6 Å². The number of ether oxygens (including phenoxy) is 2. The Bertz CT molecular complexity index is 717. The zero-order valence-electron chi connectivity index (χ0n) is 16.6. The first-order chi connectivity index (χ1) is 12.0. The van der Waals surface area contributed by atoms with Crippen LogP contribution in [0.5, 0.6) is 0 Å². The quantitative estimate of drug-likeness (QED) is 0.524. The van der Waals surface area contributed by atoms with Crippen LogP contribution in [0.2, 0.25) is 0 Å². The summed E-state index contributed by atoms with van der Waals surface area (Å²) in [6, 6.07) is 0. The average Bonchev–Trinajstić information content (AvgIpc) is 3.09. The summed E-state index contributed by atoms with van der Waals surface area (Å²) in [4.78, 5) is 12.5. The third-order valence-corrected chi connectivity index (χ3v) is 5.42. The van der Waals surface area contributed by atoms with Crippen molar-refractivity contribution in [3.63, 3.8) is 0 Å². The van der Waals surface area contributed by atoms with Crippen LogP contribution in [0.25, 0.3) is 0 Å². The highest BCUT2D eigenvalue weighted by molar-refractivity contribution is 5.78. The second kappa shape index (κ2) is 7.47. The van der Waals surface area contributed by atoms with Gasteiger partial charge < -0.3 is 9.47 Å². The Morgan fingerprint density at radius 3 is 2.08 bits per heavy atom. The highest BCUT2D eigenvalue weighted by Gasteiger charge is 2.61. The van der Waals surface area contributed by atoms with E-state index >= 15 is 0 Å². The molecule has 1 aromatic rings. The Morgan fingerprint density at radius 2 is 1.62 bits per heavy atom. The highest BCUT2D eigenvalue weighted by atomic mass is 19.1. The van der Waals surface area contributed by atoms with Gasteiger partial charge in [0, 0.05) is 18.2 Å². The summed E-state index contributed by atoms with van der Waals surface area (Å²) >= 11 is 0. The van der Waals surface area contributed by atoms with Crippen molar-refractivity contribution >= 4 is 5.97 Å². The molecular formula is C21H28F2O3. The summed E-state index contributed by atoms with van der Waals surface area (Å²) in [6.45, 7) is 10.9. The Hall–Kier alpha value is -1.75. The van der Waals surface area contributed by atoms with Gasteiger partial charge in [-0.15, -0.1) is 0 Å². The summed E-state index contributed by atoms with van der Waals surface area (Å²) in [5, 5.41) is 0. The maximum Gasteiger partial charge on any atom is 0.310 e. The van der Waals surface area contributed by atoms with Crippen molar-refractivity contribution in [2.45, 2.75) is 54.8 Å². The lowest BCUT2D eigenvalue weighted by Crippen LogP contribution is -2.14. The van der Waals surface area contributed by atoms with Crippen LogP contribution in [-0.4, -0.2) is 13.1 Å². The summed E-state index contributed by atoms with van der Waals surface area (Å²) in [6.07, 6.45) is 2.08. The van der Waals surface area contributed by atoms with Crippen LogP contribution in [0.15, 0.2) is 11.6 Å². The summed E-state index contributed by atoms with van der Waals surface area (Å²) in [5.41, 5.74) is 1.87. The Labute approximate surface area is 154 Å². The van der Waals surface area contributed by atoms with Gasteiger partial charge in [-0.05, 0) is 50.2 Å². The minimum Gasteiger partial charge on any atom is -0.461 e. The summed E-state index contributed by atoms with van der Waals surface area (Å²) in [7, 11) is 1.39. The monoisotopic (exact) mass is 366 g/mol. The molecule has 26 heavy (non-hydrogen) atoms. The number of allylic oxidation sites excluding steroid dienone is 2. The van der Waals surface area contributed by atoms with Gasteiger partial charge in [0.1, 0.15) is 18.2 Å². The van der Waals surface area contributed by atoms with Gasteiger partial charge in [-0.1, -0.05) is 25.5 Å². The number of hydrogen-bond acceptors (Lipinski definition) is 3. The lowest BCUT2D eigenvalue weighted by Gasteiger charge is -2.16. The molecular weight excluding hydrogens is 338 g/mol. The van der Waals surface area contributed by atoms with Crippen LogP contribution in [0.3, 0.4) is 0 Å². The molecule has 3 nitrogen and oxygen atoms in total. The molecule has 1 saturated carbocycles. The van der Waals surface area contributed by atoms with E-state index < -0.39 is 11.6 Å². The lowest BCUT2D eigenvalue weighted by atomic mass is 9.98. The maximum absolute atomic E-state index is 14.4. The van der Waals surface area contributed by atoms with E-state index in [0.29, 0.717) is 16.7 Å². The van der Waals surface area contributed by atoms with Crippen molar-refractivity contribution < 1.29 is 23.0 Å². The second-order valence-electron chi connectivity index (χ2n) is 7.94. The fourth-order valence-electron chi connectivity index (χ4n) is 3.61. The van der Waals surface area contributed by atoms with Gasteiger partial charge in [0.25, 0.3) is 0 Å². The van der Waals surface area contributed by atoms with Crippen LogP contribution in [0.4, 0.5) is 8.78 Å². The number of carbonyl (C=O) groups excluding carboxylic acids is 1. The predicted octanol–water partition coefficient (Wildman–Crippen LogP) is 5.01. The maximum atomic E-state index is 14.4. The van der Waals surface area contributed by atoms with Crippen molar-refractivity contribution in [2.75, 3.05) is 7.11 Å². The number of hydrogen-bond donors (Lipinski definition) is 0. The minimum atomic E-state index is -0.643. The van der Waals surface area contributed by atoms with Gasteiger partial charge in [0.05, 0.1) is 12.5 Å². The van der Waals surface area contributed by atoms with Crippen molar-refractivity contribution in [3.05, 3.63) is 45.5 Å². The van der Waals surface area contributed by atoms with Gasteiger partial charge in [0.2, 0.25) is 0 Å². The van der Waals surface area contributed by atoms with E-state index in [4.69, 9.17) is 9.47 Å². The first-order valence-corrected chi connectivity index (χ1v) is 8.80. The molecule has 1 aliphatic carbocycles. The van der Waals surface area contributed by atoms with Crippen LogP contribution >= 0.6 is 0 Å². The third kappa shape index (κ3) is 3.68. The first-order valence-electron chi connectivity index (χ1n) is 8.80. The molecule has 2 rings (SSSR count). The fraction of sp³-hybridized carbons (Fsp3) is 0.571. The predicted molar refractivity (Wildman–Crippen MR) is 96.5 cm³/mol. The Balaban J connectivity index is 2.18. The van der Waals surface area contributed by atoms with Crippen molar-refractivity contribution in [1.29, 1.82) is 0 Å². The normalized spacial score (nSPS) is 20.7. The van der Waals surface area contributed by atoms with E-state index in [-0.39, 0.29) is 42.0 Å². The topological polar surface area (TPSA) is 35.5 Å². The molecule has 0 spiro atoms. The third-order valence-electron chi connectivity index (χ3n) is 5.42. The number of halogens is 2. The molecule has 0 heterocycles. The van der Waals surface area contributed by atoms with E-state index in [0.717, 1.165) is 5.57 Å².